The molecule has 0 fully saturated rings. The second-order valence-electron chi connectivity index (χ2n) is 7.19. The van der Waals surface area contributed by atoms with Gasteiger partial charge < -0.3 is 0 Å². The van der Waals surface area contributed by atoms with Crippen LogP contribution in [0.15, 0.2) is 38.0 Å². The first kappa shape index (κ1) is 23.2. The quantitative estimate of drug-likeness (QED) is 0.164. The Morgan fingerprint density at radius 3 is 1.54 bits per heavy atom. The highest BCUT2D eigenvalue weighted by atomic mass is 14.2. The molecule has 0 N–H and O–H groups in total. The Kier molecular flexibility index (Phi) is 18.0. The predicted octanol–water partition coefficient (Wildman–Crippen LogP) is 8.61. The lowest BCUT2D eigenvalue weighted by Gasteiger charge is -2.24. The van der Waals surface area contributed by atoms with Crippen molar-refractivity contribution in [3.05, 3.63) is 43.9 Å². The summed E-state index contributed by atoms with van der Waals surface area (Å²) >= 11 is 0. The normalized spacial score (nSPS) is 12.2. The van der Waals surface area contributed by atoms with E-state index in [9.17, 15) is 0 Å². The Hall–Kier alpha value is -0.780. The van der Waals surface area contributed by atoms with Crippen LogP contribution < -0.4 is 0 Å². The molecule has 24 heavy (non-hydrogen) atoms. The lowest BCUT2D eigenvalue weighted by atomic mass is 9.81. The van der Waals surface area contributed by atoms with Gasteiger partial charge in [-0.2, -0.15) is 0 Å². The van der Waals surface area contributed by atoms with Crippen LogP contribution in [0.5, 0.6) is 0 Å². The third-order valence-electron chi connectivity index (χ3n) is 5.00. The minimum absolute atomic E-state index is 0.678. The minimum atomic E-state index is 0.678. The molecular weight excluding hydrogens is 288 g/mol. The van der Waals surface area contributed by atoms with Gasteiger partial charge in [0.15, 0.2) is 0 Å². The van der Waals surface area contributed by atoms with Gasteiger partial charge in [-0.15, -0.1) is 19.7 Å². The third-order valence-corrected chi connectivity index (χ3v) is 5.00. The van der Waals surface area contributed by atoms with Crippen LogP contribution in [0.4, 0.5) is 0 Å². The van der Waals surface area contributed by atoms with Gasteiger partial charge in [-0.25, -0.2) is 0 Å². The molecule has 0 aromatic carbocycles. The van der Waals surface area contributed by atoms with Crippen molar-refractivity contribution in [2.75, 3.05) is 0 Å². The molecule has 0 spiro atoms. The number of allylic oxidation sites excluding steroid dienone is 3. The summed E-state index contributed by atoms with van der Waals surface area (Å²) in [5.41, 5.74) is 0. The molecule has 1 atom stereocenters. The molecule has 0 bridgehead atoms. The fraction of sp³-hybridized carbons (Fsp3) is 0.708. The van der Waals surface area contributed by atoms with E-state index in [4.69, 9.17) is 0 Å². The Bertz CT molecular complexity index is 278. The van der Waals surface area contributed by atoms with Gasteiger partial charge in [-0.3, -0.25) is 0 Å². The average molecular weight is 332 g/mol. The van der Waals surface area contributed by atoms with Gasteiger partial charge in [0.2, 0.25) is 0 Å². The van der Waals surface area contributed by atoms with Gasteiger partial charge in [0, 0.05) is 0 Å². The zero-order valence-corrected chi connectivity index (χ0v) is 16.5. The maximum absolute atomic E-state index is 3.94. The smallest absolute Gasteiger partial charge is 0.0132 e. The molecule has 1 radical (unpaired) electrons. The SMILES string of the molecule is C=CC[C](CC=C)C(CC=C)CCCCCCCCCCCCC. The minimum Gasteiger partial charge on any atom is -0.103 e. The Labute approximate surface area is 153 Å². The molecule has 139 valence electrons. The molecule has 1 unspecified atom stereocenters. The molecular formula is C24H43. The fourth-order valence-corrected chi connectivity index (χ4v) is 3.53. The summed E-state index contributed by atoms with van der Waals surface area (Å²) in [5, 5.41) is 0. The maximum atomic E-state index is 3.94. The van der Waals surface area contributed by atoms with Gasteiger partial charge in [0.25, 0.3) is 0 Å². The van der Waals surface area contributed by atoms with Crippen LogP contribution in [0.3, 0.4) is 0 Å². The van der Waals surface area contributed by atoms with Crippen molar-refractivity contribution in [2.24, 2.45) is 5.92 Å². The first-order valence-corrected chi connectivity index (χ1v) is 10.5. The Morgan fingerprint density at radius 2 is 1.12 bits per heavy atom. The Morgan fingerprint density at radius 1 is 0.667 bits per heavy atom. The van der Waals surface area contributed by atoms with Crippen molar-refractivity contribution in [3.8, 4) is 0 Å². The van der Waals surface area contributed by atoms with Crippen LogP contribution in [0.2, 0.25) is 0 Å². The summed E-state index contributed by atoms with van der Waals surface area (Å²) in [6.45, 7) is 14.0. The summed E-state index contributed by atoms with van der Waals surface area (Å²) in [6, 6.07) is 0. The lowest BCUT2D eigenvalue weighted by molar-refractivity contribution is 0.448. The summed E-state index contributed by atoms with van der Waals surface area (Å²) in [7, 11) is 0. The highest BCUT2D eigenvalue weighted by molar-refractivity contribution is 5.06. The molecule has 0 aromatic heterocycles. The fourth-order valence-electron chi connectivity index (χ4n) is 3.53. The lowest BCUT2D eigenvalue weighted by Crippen LogP contribution is -2.11. The molecule has 0 heteroatoms. The highest BCUT2D eigenvalue weighted by Crippen LogP contribution is 2.31. The van der Waals surface area contributed by atoms with E-state index >= 15 is 0 Å². The second-order valence-corrected chi connectivity index (χ2v) is 7.19. The first-order valence-electron chi connectivity index (χ1n) is 10.5. The van der Waals surface area contributed by atoms with E-state index in [1.165, 1.54) is 77.0 Å². The van der Waals surface area contributed by atoms with Gasteiger partial charge in [-0.1, -0.05) is 95.8 Å². The summed E-state index contributed by atoms with van der Waals surface area (Å²) in [5.74, 6) is 2.27. The number of hydrogen-bond donors (Lipinski definition) is 0. The van der Waals surface area contributed by atoms with Gasteiger partial charge in [0.1, 0.15) is 0 Å². The first-order chi connectivity index (χ1) is 11.8. The number of unbranched alkanes of at least 4 members (excludes halogenated alkanes) is 10. The van der Waals surface area contributed by atoms with Crippen molar-refractivity contribution in [1.82, 2.24) is 0 Å². The molecule has 0 aromatic rings. The molecule has 0 aliphatic heterocycles. The van der Waals surface area contributed by atoms with Crippen molar-refractivity contribution < 1.29 is 0 Å². The van der Waals surface area contributed by atoms with Crippen LogP contribution in [0, 0.1) is 11.8 Å². The van der Waals surface area contributed by atoms with Crippen molar-refractivity contribution in [3.63, 3.8) is 0 Å². The summed E-state index contributed by atoms with van der Waals surface area (Å²) < 4.78 is 0. The molecule has 0 saturated heterocycles. The van der Waals surface area contributed by atoms with Crippen LogP contribution >= 0.6 is 0 Å². The standard InChI is InChI=1S/C24H43/c1-5-9-10-11-12-13-14-15-16-17-18-22-24(21-8-4)23(19-6-2)20-7-3/h6-8,24H,2-5,9-22H2,1H3. The maximum Gasteiger partial charge on any atom is -0.0132 e. The van der Waals surface area contributed by atoms with Crippen molar-refractivity contribution in [2.45, 2.75) is 103 Å². The van der Waals surface area contributed by atoms with E-state index in [-0.39, 0.29) is 0 Å². The van der Waals surface area contributed by atoms with Crippen LogP contribution in [0.1, 0.15) is 103 Å². The number of hydrogen-bond acceptors (Lipinski definition) is 0. The molecule has 0 aliphatic rings. The van der Waals surface area contributed by atoms with E-state index in [0.29, 0.717) is 5.92 Å². The van der Waals surface area contributed by atoms with Gasteiger partial charge in [0.05, 0.1) is 0 Å². The zero-order chi connectivity index (χ0) is 17.9. The third kappa shape index (κ3) is 13.6. The van der Waals surface area contributed by atoms with Crippen LogP contribution in [-0.4, -0.2) is 0 Å². The van der Waals surface area contributed by atoms with Crippen LogP contribution in [0.25, 0.3) is 0 Å². The van der Waals surface area contributed by atoms with Crippen molar-refractivity contribution >= 4 is 0 Å². The topological polar surface area (TPSA) is 0 Å². The average Bonchev–Trinajstić information content (AvgIpc) is 2.58. The number of rotatable bonds is 19. The van der Waals surface area contributed by atoms with Gasteiger partial charge in [-0.05, 0) is 37.5 Å². The second kappa shape index (κ2) is 18.6. The monoisotopic (exact) mass is 331 g/mol. The molecule has 0 nitrogen and oxygen atoms in total. The highest BCUT2D eigenvalue weighted by Gasteiger charge is 2.18. The van der Waals surface area contributed by atoms with Gasteiger partial charge >= 0.3 is 0 Å². The molecule has 0 saturated carbocycles. The molecule has 0 amide bonds. The summed E-state index contributed by atoms with van der Waals surface area (Å²) in [4.78, 5) is 0. The van der Waals surface area contributed by atoms with E-state index in [1.807, 2.05) is 12.2 Å². The molecule has 0 heterocycles. The van der Waals surface area contributed by atoms with E-state index in [2.05, 4.69) is 32.7 Å². The van der Waals surface area contributed by atoms with E-state index in [1.54, 1.807) is 5.92 Å². The molecule has 0 aliphatic carbocycles. The van der Waals surface area contributed by atoms with Crippen molar-refractivity contribution in [1.29, 1.82) is 0 Å². The predicted molar refractivity (Wildman–Crippen MR) is 112 cm³/mol. The molecule has 0 rings (SSSR count). The zero-order valence-electron chi connectivity index (χ0n) is 16.5. The summed E-state index contributed by atoms with van der Waals surface area (Å²) in [6.07, 6.45) is 26.2. The van der Waals surface area contributed by atoms with E-state index in [0.717, 1.165) is 19.3 Å². The largest absolute Gasteiger partial charge is 0.103 e. The van der Waals surface area contributed by atoms with Crippen LogP contribution in [-0.2, 0) is 0 Å². The van der Waals surface area contributed by atoms with E-state index < -0.39 is 0 Å². The Balaban J connectivity index is 3.71.